The van der Waals surface area contributed by atoms with Gasteiger partial charge in [-0.1, -0.05) is 61.0 Å². The molecule has 2 aromatic carbocycles. The molecule has 3 heteroatoms. The molecule has 0 saturated heterocycles. The van der Waals surface area contributed by atoms with E-state index in [9.17, 15) is 4.79 Å². The molecular weight excluding hydrogens is 350 g/mol. The van der Waals surface area contributed by atoms with Crippen LogP contribution in [0.25, 0.3) is 6.08 Å². The summed E-state index contributed by atoms with van der Waals surface area (Å²) in [5.41, 5.74) is 4.32. The van der Waals surface area contributed by atoms with Crippen LogP contribution in [0.1, 0.15) is 37.5 Å². The van der Waals surface area contributed by atoms with Crippen LogP contribution in [-0.4, -0.2) is 5.91 Å². The highest BCUT2D eigenvalue weighted by Crippen LogP contribution is 2.22. The summed E-state index contributed by atoms with van der Waals surface area (Å²) >= 11 is 3.45. The Hall–Kier alpha value is -1.87. The van der Waals surface area contributed by atoms with Crippen LogP contribution in [0.4, 0.5) is 5.69 Å². The standard InChI is InChI=1S/C20H22BrNO/c1-14-13-17(10-11-18(14)21)22-19(23)12-7-15-5-8-16(9-6-15)20(2,3)4/h5-13H,1-4H3,(H,22,23)/b12-7+. The first-order chi connectivity index (χ1) is 10.8. The van der Waals surface area contributed by atoms with E-state index in [0.717, 1.165) is 21.3 Å². The lowest BCUT2D eigenvalue weighted by Gasteiger charge is -2.18. The number of rotatable bonds is 3. The minimum Gasteiger partial charge on any atom is -0.323 e. The van der Waals surface area contributed by atoms with Crippen LogP contribution < -0.4 is 5.32 Å². The fourth-order valence-corrected chi connectivity index (χ4v) is 2.42. The smallest absolute Gasteiger partial charge is 0.248 e. The van der Waals surface area contributed by atoms with E-state index in [2.05, 4.69) is 54.2 Å². The minimum atomic E-state index is -0.133. The second kappa shape index (κ2) is 7.14. The van der Waals surface area contributed by atoms with Crippen LogP contribution in [-0.2, 0) is 10.2 Å². The van der Waals surface area contributed by atoms with E-state index in [4.69, 9.17) is 0 Å². The predicted molar refractivity (Wildman–Crippen MR) is 102 cm³/mol. The molecule has 0 fully saturated rings. The maximum atomic E-state index is 12.0. The molecule has 2 rings (SSSR count). The molecule has 0 saturated carbocycles. The van der Waals surface area contributed by atoms with Crippen molar-refractivity contribution in [3.8, 4) is 0 Å². The van der Waals surface area contributed by atoms with Crippen molar-refractivity contribution in [1.29, 1.82) is 0 Å². The zero-order chi connectivity index (χ0) is 17.0. The van der Waals surface area contributed by atoms with E-state index in [1.807, 2.05) is 43.3 Å². The number of carbonyl (C=O) groups is 1. The van der Waals surface area contributed by atoms with Crippen LogP contribution >= 0.6 is 15.9 Å². The molecule has 0 atom stereocenters. The summed E-state index contributed by atoms with van der Waals surface area (Å²) in [4.78, 5) is 12.0. The fourth-order valence-electron chi connectivity index (χ4n) is 2.17. The van der Waals surface area contributed by atoms with E-state index < -0.39 is 0 Å². The van der Waals surface area contributed by atoms with Crippen LogP contribution in [0.15, 0.2) is 53.0 Å². The Morgan fingerprint density at radius 2 is 1.74 bits per heavy atom. The van der Waals surface area contributed by atoms with Gasteiger partial charge in [0.05, 0.1) is 0 Å². The predicted octanol–water partition coefficient (Wildman–Crippen LogP) is 5.71. The topological polar surface area (TPSA) is 29.1 Å². The van der Waals surface area contributed by atoms with Crippen molar-refractivity contribution in [2.24, 2.45) is 0 Å². The van der Waals surface area contributed by atoms with E-state index in [1.54, 1.807) is 6.08 Å². The molecule has 120 valence electrons. The molecule has 1 amide bonds. The van der Waals surface area contributed by atoms with Gasteiger partial charge < -0.3 is 5.32 Å². The molecule has 0 spiro atoms. The van der Waals surface area contributed by atoms with Gasteiger partial charge in [0.25, 0.3) is 0 Å². The first-order valence-electron chi connectivity index (χ1n) is 7.61. The Balaban J connectivity index is 2.02. The van der Waals surface area contributed by atoms with Crippen LogP contribution in [0.2, 0.25) is 0 Å². The molecule has 1 N–H and O–H groups in total. The Labute approximate surface area is 146 Å². The number of hydrogen-bond acceptors (Lipinski definition) is 1. The van der Waals surface area contributed by atoms with E-state index in [1.165, 1.54) is 5.56 Å². The Bertz CT molecular complexity index is 724. The largest absolute Gasteiger partial charge is 0.323 e. The highest BCUT2D eigenvalue weighted by Gasteiger charge is 2.12. The van der Waals surface area contributed by atoms with Gasteiger partial charge in [-0.3, -0.25) is 4.79 Å². The molecule has 0 bridgehead atoms. The molecule has 23 heavy (non-hydrogen) atoms. The number of anilines is 1. The maximum absolute atomic E-state index is 12.0. The maximum Gasteiger partial charge on any atom is 0.248 e. The summed E-state index contributed by atoms with van der Waals surface area (Å²) in [6, 6.07) is 14.0. The average Bonchev–Trinajstić information content (AvgIpc) is 2.48. The Kier molecular flexibility index (Phi) is 5.42. The monoisotopic (exact) mass is 371 g/mol. The van der Waals surface area contributed by atoms with Crippen LogP contribution in [0, 0.1) is 6.92 Å². The highest BCUT2D eigenvalue weighted by molar-refractivity contribution is 9.10. The van der Waals surface area contributed by atoms with Crippen molar-refractivity contribution in [3.63, 3.8) is 0 Å². The number of benzene rings is 2. The van der Waals surface area contributed by atoms with E-state index in [0.29, 0.717) is 0 Å². The molecule has 0 radical (unpaired) electrons. The summed E-state index contributed by atoms with van der Waals surface area (Å²) in [5.74, 6) is -0.133. The molecule has 0 heterocycles. The molecule has 0 aliphatic rings. The number of carbonyl (C=O) groups excluding carboxylic acids is 1. The van der Waals surface area contributed by atoms with Crippen molar-refractivity contribution in [2.75, 3.05) is 5.32 Å². The van der Waals surface area contributed by atoms with Crippen LogP contribution in [0.5, 0.6) is 0 Å². The normalized spacial score (nSPS) is 11.7. The van der Waals surface area contributed by atoms with Crippen LogP contribution in [0.3, 0.4) is 0 Å². The highest BCUT2D eigenvalue weighted by atomic mass is 79.9. The van der Waals surface area contributed by atoms with Crippen molar-refractivity contribution in [2.45, 2.75) is 33.1 Å². The molecule has 0 aromatic heterocycles. The van der Waals surface area contributed by atoms with Crippen molar-refractivity contribution >= 4 is 33.6 Å². The molecule has 2 aromatic rings. The van der Waals surface area contributed by atoms with Crippen molar-refractivity contribution in [3.05, 3.63) is 69.7 Å². The van der Waals surface area contributed by atoms with Gasteiger partial charge in [0.2, 0.25) is 5.91 Å². The third kappa shape index (κ3) is 5.07. The van der Waals surface area contributed by atoms with E-state index >= 15 is 0 Å². The molecule has 0 aliphatic heterocycles. The number of hydrogen-bond donors (Lipinski definition) is 1. The fraction of sp³-hybridized carbons (Fsp3) is 0.250. The molecule has 2 nitrogen and oxygen atoms in total. The van der Waals surface area contributed by atoms with Gasteiger partial charge in [-0.15, -0.1) is 0 Å². The number of nitrogens with one attached hydrogen (secondary N) is 1. The molecule has 0 unspecified atom stereocenters. The van der Waals surface area contributed by atoms with E-state index in [-0.39, 0.29) is 11.3 Å². The lowest BCUT2D eigenvalue weighted by atomic mass is 9.87. The summed E-state index contributed by atoms with van der Waals surface area (Å²) in [6.07, 6.45) is 3.39. The number of aryl methyl sites for hydroxylation is 1. The Morgan fingerprint density at radius 3 is 2.30 bits per heavy atom. The number of amides is 1. The second-order valence-electron chi connectivity index (χ2n) is 6.66. The van der Waals surface area contributed by atoms with Gasteiger partial charge in [-0.2, -0.15) is 0 Å². The van der Waals surface area contributed by atoms with Gasteiger partial charge in [-0.05, 0) is 53.3 Å². The Morgan fingerprint density at radius 1 is 1.09 bits per heavy atom. The second-order valence-corrected chi connectivity index (χ2v) is 7.51. The van der Waals surface area contributed by atoms with Gasteiger partial charge in [0.1, 0.15) is 0 Å². The van der Waals surface area contributed by atoms with Gasteiger partial charge >= 0.3 is 0 Å². The van der Waals surface area contributed by atoms with Gasteiger partial charge in [0, 0.05) is 16.2 Å². The lowest BCUT2D eigenvalue weighted by Crippen LogP contribution is -2.10. The summed E-state index contributed by atoms with van der Waals surface area (Å²) in [6.45, 7) is 8.55. The minimum absolute atomic E-state index is 0.133. The first-order valence-corrected chi connectivity index (χ1v) is 8.41. The third-order valence-electron chi connectivity index (χ3n) is 3.63. The third-order valence-corrected chi connectivity index (χ3v) is 4.52. The van der Waals surface area contributed by atoms with Gasteiger partial charge in [0.15, 0.2) is 0 Å². The zero-order valence-electron chi connectivity index (χ0n) is 14.0. The lowest BCUT2D eigenvalue weighted by molar-refractivity contribution is -0.111. The summed E-state index contributed by atoms with van der Waals surface area (Å²) in [5, 5.41) is 2.87. The van der Waals surface area contributed by atoms with Crippen molar-refractivity contribution in [1.82, 2.24) is 0 Å². The zero-order valence-corrected chi connectivity index (χ0v) is 15.6. The SMILES string of the molecule is Cc1cc(NC(=O)/C=C/c2ccc(C(C)(C)C)cc2)ccc1Br. The quantitative estimate of drug-likeness (QED) is 0.688. The molecule has 0 aliphatic carbocycles. The molecular formula is C20H22BrNO. The first kappa shape index (κ1) is 17.5. The summed E-state index contributed by atoms with van der Waals surface area (Å²) in [7, 11) is 0. The van der Waals surface area contributed by atoms with Crippen molar-refractivity contribution < 1.29 is 4.79 Å². The summed E-state index contributed by atoms with van der Waals surface area (Å²) < 4.78 is 1.03. The average molecular weight is 372 g/mol. The van der Waals surface area contributed by atoms with Gasteiger partial charge in [-0.25, -0.2) is 0 Å². The number of halogens is 1.